The zero-order chi connectivity index (χ0) is 26.2. The number of nitro groups is 1. The Morgan fingerprint density at radius 2 is 1.62 bits per heavy atom. The minimum atomic E-state index is -0.705. The summed E-state index contributed by atoms with van der Waals surface area (Å²) in [6.07, 6.45) is 2.71. The number of furan rings is 1. The quantitative estimate of drug-likeness (QED) is 0.140. The molecule has 1 aromatic heterocycles. The van der Waals surface area contributed by atoms with E-state index in [1.807, 2.05) is 12.1 Å². The summed E-state index contributed by atoms with van der Waals surface area (Å²) in [5, 5.41) is 18.0. The van der Waals surface area contributed by atoms with Crippen LogP contribution in [-0.4, -0.2) is 23.0 Å². The first-order valence-corrected chi connectivity index (χ1v) is 11.3. The van der Waals surface area contributed by atoms with Gasteiger partial charge in [-0.05, 0) is 72.3 Å². The molecular formula is C27H19ClN4O5. The first-order chi connectivity index (χ1) is 17.9. The number of hydrazone groups is 1. The molecule has 0 atom stereocenters. The minimum Gasteiger partial charge on any atom is -0.455 e. The van der Waals surface area contributed by atoms with E-state index in [9.17, 15) is 19.7 Å². The maximum atomic E-state index is 12.9. The average Bonchev–Trinajstić information content (AvgIpc) is 3.38. The van der Waals surface area contributed by atoms with Crippen molar-refractivity contribution in [2.24, 2.45) is 5.10 Å². The molecule has 0 saturated carbocycles. The van der Waals surface area contributed by atoms with Gasteiger partial charge in [0.2, 0.25) is 0 Å². The number of nitrogens with one attached hydrogen (secondary N) is 2. The van der Waals surface area contributed by atoms with Crippen LogP contribution in [0.1, 0.15) is 21.7 Å². The van der Waals surface area contributed by atoms with Crippen molar-refractivity contribution in [2.75, 3.05) is 0 Å². The molecule has 184 valence electrons. The zero-order valence-corrected chi connectivity index (χ0v) is 19.9. The van der Waals surface area contributed by atoms with E-state index in [1.165, 1.54) is 36.6 Å². The highest BCUT2D eigenvalue weighted by Gasteiger charge is 2.15. The molecule has 2 N–H and O–H groups in total. The molecule has 0 spiro atoms. The lowest BCUT2D eigenvalue weighted by atomic mass is 10.1. The van der Waals surface area contributed by atoms with Crippen LogP contribution in [0.2, 0.25) is 5.02 Å². The average molecular weight is 515 g/mol. The van der Waals surface area contributed by atoms with Gasteiger partial charge in [0.25, 0.3) is 17.5 Å². The molecule has 9 nitrogen and oxygen atoms in total. The summed E-state index contributed by atoms with van der Waals surface area (Å²) in [4.78, 5) is 35.9. The summed E-state index contributed by atoms with van der Waals surface area (Å²) in [6, 6.07) is 24.4. The number of nitro benzene ring substituents is 1. The van der Waals surface area contributed by atoms with Gasteiger partial charge in [-0.15, -0.1) is 0 Å². The number of hydrogen-bond acceptors (Lipinski definition) is 6. The van der Waals surface area contributed by atoms with Crippen LogP contribution < -0.4 is 10.7 Å². The lowest BCUT2D eigenvalue weighted by Gasteiger charge is -2.09. The molecule has 0 saturated heterocycles. The largest absolute Gasteiger partial charge is 0.455 e. The third-order valence-electron chi connectivity index (χ3n) is 5.06. The lowest BCUT2D eigenvalue weighted by molar-refractivity contribution is -0.384. The molecule has 4 aromatic rings. The van der Waals surface area contributed by atoms with E-state index in [0.717, 1.165) is 5.56 Å². The normalized spacial score (nSPS) is 11.3. The molecule has 0 aliphatic heterocycles. The van der Waals surface area contributed by atoms with E-state index in [1.54, 1.807) is 54.6 Å². The maximum Gasteiger partial charge on any atom is 0.287 e. The van der Waals surface area contributed by atoms with Crippen molar-refractivity contribution in [3.05, 3.63) is 129 Å². The number of hydrogen-bond donors (Lipinski definition) is 2. The van der Waals surface area contributed by atoms with Crippen LogP contribution in [0.15, 0.2) is 106 Å². The fourth-order valence-electron chi connectivity index (χ4n) is 3.21. The van der Waals surface area contributed by atoms with Gasteiger partial charge in [0.1, 0.15) is 17.2 Å². The number of non-ortho nitro benzene ring substituents is 1. The maximum absolute atomic E-state index is 12.9. The molecule has 0 aliphatic rings. The smallest absolute Gasteiger partial charge is 0.287 e. The van der Waals surface area contributed by atoms with Crippen molar-refractivity contribution in [1.29, 1.82) is 0 Å². The van der Waals surface area contributed by atoms with E-state index >= 15 is 0 Å². The highest BCUT2D eigenvalue weighted by Crippen LogP contribution is 2.23. The second-order valence-corrected chi connectivity index (χ2v) is 8.07. The Labute approximate surface area is 216 Å². The Bertz CT molecular complexity index is 1480. The van der Waals surface area contributed by atoms with Crippen molar-refractivity contribution in [2.45, 2.75) is 0 Å². The molecule has 0 fully saturated rings. The molecule has 4 rings (SSSR count). The van der Waals surface area contributed by atoms with Gasteiger partial charge in [-0.2, -0.15) is 5.10 Å². The summed E-state index contributed by atoms with van der Waals surface area (Å²) in [6.45, 7) is 0. The molecule has 3 aromatic carbocycles. The molecular weight excluding hydrogens is 496 g/mol. The third-order valence-corrected chi connectivity index (χ3v) is 5.31. The van der Waals surface area contributed by atoms with Crippen molar-refractivity contribution >= 4 is 41.4 Å². The number of benzene rings is 3. The van der Waals surface area contributed by atoms with Crippen molar-refractivity contribution in [3.63, 3.8) is 0 Å². The van der Waals surface area contributed by atoms with Crippen LogP contribution >= 0.6 is 11.6 Å². The van der Waals surface area contributed by atoms with Crippen LogP contribution in [0.25, 0.3) is 17.4 Å². The SMILES string of the molecule is O=C(NN=Cc1ccc(-c2ccc(Cl)cc2)o1)C(=Cc1ccc([N+](=O)[O-])cc1)NC(=O)c1ccccc1. The number of rotatable bonds is 8. The fourth-order valence-corrected chi connectivity index (χ4v) is 3.33. The zero-order valence-electron chi connectivity index (χ0n) is 19.1. The van der Waals surface area contributed by atoms with Crippen LogP contribution in [0, 0.1) is 10.1 Å². The summed E-state index contributed by atoms with van der Waals surface area (Å²) in [5.74, 6) is -0.229. The molecule has 10 heteroatoms. The fraction of sp³-hybridized carbons (Fsp3) is 0. The first-order valence-electron chi connectivity index (χ1n) is 10.9. The number of amides is 2. The van der Waals surface area contributed by atoms with Crippen LogP contribution in [-0.2, 0) is 4.79 Å². The van der Waals surface area contributed by atoms with Gasteiger partial charge in [0.05, 0.1) is 11.1 Å². The summed E-state index contributed by atoms with van der Waals surface area (Å²) >= 11 is 5.92. The monoisotopic (exact) mass is 514 g/mol. The summed E-state index contributed by atoms with van der Waals surface area (Å²) < 4.78 is 5.72. The summed E-state index contributed by atoms with van der Waals surface area (Å²) in [5.41, 5.74) is 3.78. The van der Waals surface area contributed by atoms with E-state index in [2.05, 4.69) is 15.8 Å². The molecule has 1 heterocycles. The standard InChI is InChI=1S/C27H19ClN4O5/c28-21-10-8-19(9-11-21)25-15-14-23(37-25)17-29-31-27(34)24(30-26(33)20-4-2-1-3-5-20)16-18-6-12-22(13-7-18)32(35)36/h1-17H,(H,30,33)(H,31,34). The first kappa shape index (κ1) is 25.1. The number of carbonyl (C=O) groups is 2. The Morgan fingerprint density at radius 1 is 0.919 bits per heavy atom. The second-order valence-electron chi connectivity index (χ2n) is 7.63. The number of nitrogens with zero attached hydrogens (tertiary/aromatic N) is 2. The van der Waals surface area contributed by atoms with Gasteiger partial charge < -0.3 is 9.73 Å². The van der Waals surface area contributed by atoms with Crippen molar-refractivity contribution < 1.29 is 18.9 Å². The van der Waals surface area contributed by atoms with Crippen molar-refractivity contribution in [3.8, 4) is 11.3 Å². The van der Waals surface area contributed by atoms with Crippen LogP contribution in [0.3, 0.4) is 0 Å². The van der Waals surface area contributed by atoms with Crippen LogP contribution in [0.4, 0.5) is 5.69 Å². The molecule has 2 amide bonds. The number of halogens is 1. The predicted molar refractivity (Wildman–Crippen MR) is 140 cm³/mol. The van der Waals surface area contributed by atoms with E-state index in [0.29, 0.717) is 27.7 Å². The van der Waals surface area contributed by atoms with Gasteiger partial charge in [-0.25, -0.2) is 5.43 Å². The molecule has 0 bridgehead atoms. The highest BCUT2D eigenvalue weighted by atomic mass is 35.5. The third kappa shape index (κ3) is 6.77. The van der Waals surface area contributed by atoms with Crippen molar-refractivity contribution in [1.82, 2.24) is 10.7 Å². The topological polar surface area (TPSA) is 127 Å². The molecule has 0 aliphatic carbocycles. The Morgan fingerprint density at radius 3 is 2.30 bits per heavy atom. The van der Waals surface area contributed by atoms with Gasteiger partial charge in [-0.1, -0.05) is 29.8 Å². The predicted octanol–water partition coefficient (Wildman–Crippen LogP) is 5.43. The van der Waals surface area contributed by atoms with Gasteiger partial charge in [-0.3, -0.25) is 19.7 Å². The van der Waals surface area contributed by atoms with Crippen LogP contribution in [0.5, 0.6) is 0 Å². The Balaban J connectivity index is 1.50. The molecule has 37 heavy (non-hydrogen) atoms. The molecule has 0 unspecified atom stereocenters. The van der Waals surface area contributed by atoms with Gasteiger partial charge >= 0.3 is 0 Å². The Kier molecular flexibility index (Phi) is 7.87. The lowest BCUT2D eigenvalue weighted by Crippen LogP contribution is -2.32. The van der Waals surface area contributed by atoms with E-state index < -0.39 is 16.7 Å². The second kappa shape index (κ2) is 11.6. The Hall–Kier alpha value is -5.02. The van der Waals surface area contributed by atoms with Gasteiger partial charge in [0.15, 0.2) is 0 Å². The van der Waals surface area contributed by atoms with E-state index in [4.69, 9.17) is 16.0 Å². The summed E-state index contributed by atoms with van der Waals surface area (Å²) in [7, 11) is 0. The minimum absolute atomic E-state index is 0.0995. The van der Waals surface area contributed by atoms with Gasteiger partial charge in [0, 0.05) is 28.3 Å². The molecule has 0 radical (unpaired) electrons. The number of carbonyl (C=O) groups excluding carboxylic acids is 2. The highest BCUT2D eigenvalue weighted by molar-refractivity contribution is 6.30. The van der Waals surface area contributed by atoms with E-state index in [-0.39, 0.29) is 11.4 Å².